The van der Waals surface area contributed by atoms with Gasteiger partial charge in [-0.2, -0.15) is 0 Å². The van der Waals surface area contributed by atoms with Crippen molar-refractivity contribution in [2.75, 3.05) is 0 Å². The summed E-state index contributed by atoms with van der Waals surface area (Å²) in [5.74, 6) is -3.84. The van der Waals surface area contributed by atoms with E-state index in [4.69, 9.17) is 10.8 Å². The Bertz CT molecular complexity index is 801. The molecule has 0 amide bonds. The summed E-state index contributed by atoms with van der Waals surface area (Å²) in [7, 11) is 0. The molecule has 2 aromatic carbocycles. The van der Waals surface area contributed by atoms with Crippen molar-refractivity contribution in [2.45, 2.75) is 33.2 Å². The van der Waals surface area contributed by atoms with Crippen LogP contribution in [0, 0.1) is 38.2 Å². The van der Waals surface area contributed by atoms with Gasteiger partial charge in [-0.1, -0.05) is 6.07 Å². The molecule has 2 aromatic rings. The number of benzene rings is 2. The van der Waals surface area contributed by atoms with E-state index in [9.17, 15) is 18.0 Å². The molecule has 1 unspecified atom stereocenters. The van der Waals surface area contributed by atoms with E-state index in [0.717, 1.165) is 0 Å². The minimum absolute atomic E-state index is 0. The molecule has 0 radical (unpaired) electrons. The highest BCUT2D eigenvalue weighted by Gasteiger charge is 2.26. The highest BCUT2D eigenvalue weighted by molar-refractivity contribution is 5.85. The van der Waals surface area contributed by atoms with Crippen molar-refractivity contribution in [1.29, 1.82) is 0 Å². The van der Waals surface area contributed by atoms with E-state index in [2.05, 4.69) is 0 Å². The quantitative estimate of drug-likeness (QED) is 0.823. The number of aliphatic carboxylic acids is 1. The molecule has 0 heterocycles. The van der Waals surface area contributed by atoms with E-state index in [1.807, 2.05) is 0 Å². The number of carboxylic acid groups (broad SMARTS) is 1. The smallest absolute Gasteiger partial charge is 0.305 e. The Morgan fingerprint density at radius 2 is 1.68 bits per heavy atom. The third-order valence-electron chi connectivity index (χ3n) is 3.88. The molecule has 7 heteroatoms. The Balaban J connectivity index is 0.00000312. The van der Waals surface area contributed by atoms with E-state index in [1.54, 1.807) is 19.9 Å². The average molecular weight is 374 g/mol. The maximum Gasteiger partial charge on any atom is 0.305 e. The van der Waals surface area contributed by atoms with Gasteiger partial charge in [-0.3, -0.25) is 4.79 Å². The number of halogens is 4. The molecule has 0 bridgehead atoms. The van der Waals surface area contributed by atoms with Crippen molar-refractivity contribution in [2.24, 2.45) is 5.73 Å². The lowest BCUT2D eigenvalue weighted by molar-refractivity contribution is -0.137. The Hall–Kier alpha value is -2.05. The lowest BCUT2D eigenvalue weighted by Gasteiger charge is -2.18. The van der Waals surface area contributed by atoms with Gasteiger partial charge in [-0.15, -0.1) is 12.4 Å². The van der Waals surface area contributed by atoms with Gasteiger partial charge in [0.2, 0.25) is 0 Å². The summed E-state index contributed by atoms with van der Waals surface area (Å²) in [6, 6.07) is 2.79. The molecule has 0 aliphatic heterocycles. The molecule has 0 saturated heterocycles. The van der Waals surface area contributed by atoms with Crippen LogP contribution in [0.4, 0.5) is 13.2 Å². The minimum Gasteiger partial charge on any atom is -0.481 e. The van der Waals surface area contributed by atoms with Gasteiger partial charge in [-0.05, 0) is 49.6 Å². The monoisotopic (exact) mass is 373 g/mol. The maximum absolute atomic E-state index is 14.9. The van der Waals surface area contributed by atoms with Gasteiger partial charge in [0, 0.05) is 22.7 Å². The second-order valence-electron chi connectivity index (χ2n) is 5.93. The van der Waals surface area contributed by atoms with E-state index < -0.39 is 41.4 Å². The molecule has 0 fully saturated rings. The second kappa shape index (κ2) is 7.89. The third kappa shape index (κ3) is 4.14. The van der Waals surface area contributed by atoms with Crippen LogP contribution in [-0.4, -0.2) is 11.1 Å². The molecule has 0 aliphatic carbocycles. The predicted molar refractivity (Wildman–Crippen MR) is 92.4 cm³/mol. The fourth-order valence-electron chi connectivity index (χ4n) is 2.85. The molecule has 2 rings (SSSR count). The number of hydrogen-bond donors (Lipinski definition) is 2. The molecule has 0 aromatic heterocycles. The summed E-state index contributed by atoms with van der Waals surface area (Å²) in [5, 5.41) is 8.82. The summed E-state index contributed by atoms with van der Waals surface area (Å²) in [6.45, 7) is 4.73. The summed E-state index contributed by atoms with van der Waals surface area (Å²) in [4.78, 5) is 10.8. The zero-order valence-corrected chi connectivity index (χ0v) is 14.8. The Morgan fingerprint density at radius 1 is 1.08 bits per heavy atom. The number of hydrogen-bond acceptors (Lipinski definition) is 2. The van der Waals surface area contributed by atoms with Crippen molar-refractivity contribution in [3.8, 4) is 11.1 Å². The van der Waals surface area contributed by atoms with Crippen LogP contribution in [0.3, 0.4) is 0 Å². The van der Waals surface area contributed by atoms with Gasteiger partial charge in [0.15, 0.2) is 0 Å². The average Bonchev–Trinajstić information content (AvgIpc) is 2.42. The molecule has 1 atom stereocenters. The van der Waals surface area contributed by atoms with Gasteiger partial charge in [0.05, 0.1) is 6.42 Å². The molecular weight excluding hydrogens is 355 g/mol. The molecule has 3 N–H and O–H groups in total. The van der Waals surface area contributed by atoms with Crippen LogP contribution in [-0.2, 0) is 4.79 Å². The topological polar surface area (TPSA) is 63.3 Å². The highest BCUT2D eigenvalue weighted by Crippen LogP contribution is 2.35. The first-order chi connectivity index (χ1) is 11.1. The molecule has 0 aliphatic rings. The summed E-state index contributed by atoms with van der Waals surface area (Å²) in [5.41, 5.74) is 6.26. The predicted octanol–water partition coefficient (Wildman–Crippen LogP) is 4.59. The first-order valence-electron chi connectivity index (χ1n) is 7.36. The van der Waals surface area contributed by atoms with Gasteiger partial charge < -0.3 is 10.8 Å². The van der Waals surface area contributed by atoms with Crippen molar-refractivity contribution in [3.05, 3.63) is 57.9 Å². The van der Waals surface area contributed by atoms with Crippen LogP contribution >= 0.6 is 12.4 Å². The van der Waals surface area contributed by atoms with E-state index in [0.29, 0.717) is 11.1 Å². The van der Waals surface area contributed by atoms with Crippen molar-refractivity contribution in [3.63, 3.8) is 0 Å². The molecule has 25 heavy (non-hydrogen) atoms. The number of aryl methyl sites for hydroxylation is 3. The van der Waals surface area contributed by atoms with Crippen molar-refractivity contribution < 1.29 is 23.1 Å². The summed E-state index contributed by atoms with van der Waals surface area (Å²) in [6.07, 6.45) is -0.633. The zero-order valence-electron chi connectivity index (χ0n) is 14.0. The van der Waals surface area contributed by atoms with Crippen LogP contribution in [0.25, 0.3) is 11.1 Å². The molecule has 136 valence electrons. The molecule has 0 saturated carbocycles. The fraction of sp³-hybridized carbons (Fsp3) is 0.278. The normalized spacial score (nSPS) is 11.8. The van der Waals surface area contributed by atoms with Gasteiger partial charge in [0.25, 0.3) is 0 Å². The standard InChI is InChI=1S/C18H18F3NO2.ClH/c1-8-4-9(2)15(12(19)5-8)11-6-10(3)17(20)16(18(11)21)13(22)7-14(23)24;/h4-6,13H,7,22H2,1-3H3,(H,23,24);1H. The SMILES string of the molecule is Cc1cc(C)c(-c2cc(C)c(F)c(C(N)CC(=O)O)c2F)c(F)c1.Cl. The Morgan fingerprint density at radius 3 is 2.20 bits per heavy atom. The van der Waals surface area contributed by atoms with Crippen molar-refractivity contribution >= 4 is 18.4 Å². The van der Waals surface area contributed by atoms with Gasteiger partial charge >= 0.3 is 5.97 Å². The lowest BCUT2D eigenvalue weighted by atomic mass is 9.91. The third-order valence-corrected chi connectivity index (χ3v) is 3.88. The van der Waals surface area contributed by atoms with Crippen LogP contribution in [0.1, 0.15) is 34.7 Å². The Labute approximate surface area is 150 Å². The lowest BCUT2D eigenvalue weighted by Crippen LogP contribution is -2.19. The first kappa shape index (κ1) is 21.0. The highest BCUT2D eigenvalue weighted by atomic mass is 35.5. The van der Waals surface area contributed by atoms with Gasteiger partial charge in [0.1, 0.15) is 17.5 Å². The van der Waals surface area contributed by atoms with E-state index in [1.165, 1.54) is 19.1 Å². The zero-order chi connectivity index (χ0) is 18.2. The second-order valence-corrected chi connectivity index (χ2v) is 5.93. The maximum atomic E-state index is 14.9. The summed E-state index contributed by atoms with van der Waals surface area (Å²) < 4.78 is 43.6. The number of rotatable bonds is 4. The first-order valence-corrected chi connectivity index (χ1v) is 7.36. The largest absolute Gasteiger partial charge is 0.481 e. The van der Waals surface area contributed by atoms with E-state index >= 15 is 0 Å². The van der Waals surface area contributed by atoms with E-state index in [-0.39, 0.29) is 29.1 Å². The molecule has 3 nitrogen and oxygen atoms in total. The number of nitrogens with two attached hydrogens (primary N) is 1. The van der Waals surface area contributed by atoms with Gasteiger partial charge in [-0.25, -0.2) is 13.2 Å². The van der Waals surface area contributed by atoms with Crippen LogP contribution in [0.2, 0.25) is 0 Å². The number of carbonyl (C=O) groups is 1. The molecule has 0 spiro atoms. The fourth-order valence-corrected chi connectivity index (χ4v) is 2.85. The number of carboxylic acids is 1. The van der Waals surface area contributed by atoms with Crippen LogP contribution in [0.15, 0.2) is 18.2 Å². The molecular formula is C18H19ClF3NO2. The van der Waals surface area contributed by atoms with Crippen LogP contribution in [0.5, 0.6) is 0 Å². The van der Waals surface area contributed by atoms with Crippen molar-refractivity contribution in [1.82, 2.24) is 0 Å². The summed E-state index contributed by atoms with van der Waals surface area (Å²) >= 11 is 0. The van der Waals surface area contributed by atoms with Crippen LogP contribution < -0.4 is 5.73 Å². The Kier molecular flexibility index (Phi) is 6.62. The minimum atomic E-state index is -1.37.